The van der Waals surface area contributed by atoms with E-state index in [1.165, 1.54) is 0 Å². The van der Waals surface area contributed by atoms with Gasteiger partial charge in [0.2, 0.25) is 0 Å². The fourth-order valence-electron chi connectivity index (χ4n) is 3.40. The van der Waals surface area contributed by atoms with Gasteiger partial charge in [0.05, 0.1) is 26.0 Å². The predicted molar refractivity (Wildman–Crippen MR) is 116 cm³/mol. The SMILES string of the molecule is COc1ccc(CN2CCN(C(=O)OCc3ccccc3)C[C@@H]2COS(C)(=O)=O)cc1. The van der Waals surface area contributed by atoms with Gasteiger partial charge in [-0.3, -0.25) is 9.08 Å². The Morgan fingerprint density at radius 3 is 2.39 bits per heavy atom. The Labute approximate surface area is 183 Å². The highest BCUT2D eigenvalue weighted by Crippen LogP contribution is 2.18. The molecule has 0 aromatic heterocycles. The number of rotatable bonds is 8. The first-order valence-corrected chi connectivity index (χ1v) is 11.8. The molecule has 1 amide bonds. The van der Waals surface area contributed by atoms with Crippen LogP contribution < -0.4 is 4.74 Å². The normalized spacial score (nSPS) is 17.4. The van der Waals surface area contributed by atoms with Gasteiger partial charge in [0.25, 0.3) is 10.1 Å². The van der Waals surface area contributed by atoms with Crippen LogP contribution in [0.25, 0.3) is 0 Å². The molecule has 0 radical (unpaired) electrons. The maximum Gasteiger partial charge on any atom is 0.410 e. The molecule has 0 bridgehead atoms. The lowest BCUT2D eigenvalue weighted by molar-refractivity contribution is 0.0292. The number of nitrogens with zero attached hydrogens (tertiary/aromatic N) is 2. The first-order chi connectivity index (χ1) is 14.8. The number of benzene rings is 2. The summed E-state index contributed by atoms with van der Waals surface area (Å²) in [4.78, 5) is 16.3. The molecule has 1 fully saturated rings. The molecule has 1 aliphatic rings. The van der Waals surface area contributed by atoms with Crippen molar-refractivity contribution in [1.82, 2.24) is 9.80 Å². The van der Waals surface area contributed by atoms with Gasteiger partial charge in [0.1, 0.15) is 12.4 Å². The van der Waals surface area contributed by atoms with Crippen molar-refractivity contribution < 1.29 is 26.9 Å². The lowest BCUT2D eigenvalue weighted by atomic mass is 10.1. The van der Waals surface area contributed by atoms with E-state index in [1.807, 2.05) is 54.6 Å². The van der Waals surface area contributed by atoms with Gasteiger partial charge in [-0.05, 0) is 23.3 Å². The topological polar surface area (TPSA) is 85.4 Å². The van der Waals surface area contributed by atoms with Crippen LogP contribution in [0.4, 0.5) is 4.79 Å². The molecule has 2 aromatic rings. The quantitative estimate of drug-likeness (QED) is 0.574. The fraction of sp³-hybridized carbons (Fsp3) is 0.409. The van der Waals surface area contributed by atoms with Crippen LogP contribution in [0.1, 0.15) is 11.1 Å². The van der Waals surface area contributed by atoms with Crippen molar-refractivity contribution in [2.24, 2.45) is 0 Å². The molecule has 31 heavy (non-hydrogen) atoms. The molecule has 0 unspecified atom stereocenters. The lowest BCUT2D eigenvalue weighted by Gasteiger charge is -2.40. The van der Waals surface area contributed by atoms with Crippen molar-refractivity contribution in [1.29, 1.82) is 0 Å². The highest BCUT2D eigenvalue weighted by molar-refractivity contribution is 7.85. The van der Waals surface area contributed by atoms with Crippen molar-refractivity contribution >= 4 is 16.2 Å². The smallest absolute Gasteiger partial charge is 0.410 e. The monoisotopic (exact) mass is 448 g/mol. The highest BCUT2D eigenvalue weighted by Gasteiger charge is 2.31. The van der Waals surface area contributed by atoms with Crippen molar-refractivity contribution in [3.63, 3.8) is 0 Å². The van der Waals surface area contributed by atoms with Gasteiger partial charge in [-0.15, -0.1) is 0 Å². The second-order valence-electron chi connectivity index (χ2n) is 7.45. The van der Waals surface area contributed by atoms with E-state index < -0.39 is 16.2 Å². The minimum Gasteiger partial charge on any atom is -0.497 e. The Morgan fingerprint density at radius 1 is 1.03 bits per heavy atom. The molecule has 1 saturated heterocycles. The molecule has 3 rings (SSSR count). The number of piperazine rings is 1. The van der Waals surface area contributed by atoms with Gasteiger partial charge >= 0.3 is 6.09 Å². The number of hydrogen-bond acceptors (Lipinski definition) is 7. The third-order valence-electron chi connectivity index (χ3n) is 5.09. The molecule has 0 spiro atoms. The van der Waals surface area contributed by atoms with Crippen LogP contribution in [0.5, 0.6) is 5.75 Å². The Morgan fingerprint density at radius 2 is 1.74 bits per heavy atom. The zero-order valence-corrected chi connectivity index (χ0v) is 18.6. The van der Waals surface area contributed by atoms with Gasteiger partial charge < -0.3 is 14.4 Å². The van der Waals surface area contributed by atoms with Gasteiger partial charge in [-0.2, -0.15) is 8.42 Å². The maximum absolute atomic E-state index is 12.6. The molecule has 8 nitrogen and oxygen atoms in total. The zero-order valence-electron chi connectivity index (χ0n) is 17.8. The van der Waals surface area contributed by atoms with E-state index in [9.17, 15) is 13.2 Å². The van der Waals surface area contributed by atoms with Crippen LogP contribution in [-0.2, 0) is 32.2 Å². The highest BCUT2D eigenvalue weighted by atomic mass is 32.2. The summed E-state index contributed by atoms with van der Waals surface area (Å²) in [6.07, 6.45) is 0.604. The van der Waals surface area contributed by atoms with E-state index in [0.29, 0.717) is 26.2 Å². The van der Waals surface area contributed by atoms with Crippen LogP contribution in [0.15, 0.2) is 54.6 Å². The zero-order chi connectivity index (χ0) is 22.3. The van der Waals surface area contributed by atoms with Gasteiger partial charge in [-0.25, -0.2) is 4.79 Å². The molecule has 0 N–H and O–H groups in total. The standard InChI is InChI=1S/C22H28N2O6S/c1-28-21-10-8-18(9-11-21)14-23-12-13-24(15-20(23)17-30-31(2,26)27)22(25)29-16-19-6-4-3-5-7-19/h3-11,20H,12-17H2,1-2H3/t20-/m1/s1. The molecular weight excluding hydrogens is 420 g/mol. The summed E-state index contributed by atoms with van der Waals surface area (Å²) in [5.41, 5.74) is 1.97. The first-order valence-electron chi connectivity index (χ1n) is 10.0. The van der Waals surface area contributed by atoms with Crippen LogP contribution in [0.2, 0.25) is 0 Å². The molecule has 1 heterocycles. The second kappa shape index (κ2) is 10.6. The molecule has 9 heteroatoms. The first kappa shape index (κ1) is 23.1. The molecule has 0 aliphatic carbocycles. The Hall–Kier alpha value is -2.62. The number of carbonyl (C=O) groups excluding carboxylic acids is 1. The number of ether oxygens (including phenoxy) is 2. The minimum absolute atomic E-state index is 0.0303. The van der Waals surface area contributed by atoms with Crippen LogP contribution in [0.3, 0.4) is 0 Å². The van der Waals surface area contributed by atoms with E-state index in [2.05, 4.69) is 4.90 Å². The third-order valence-corrected chi connectivity index (χ3v) is 5.65. The molecule has 1 aliphatic heterocycles. The van der Waals surface area contributed by atoms with Gasteiger partial charge in [-0.1, -0.05) is 42.5 Å². The van der Waals surface area contributed by atoms with Crippen molar-refractivity contribution in [3.05, 3.63) is 65.7 Å². The summed E-state index contributed by atoms with van der Waals surface area (Å²) in [5, 5.41) is 0. The summed E-state index contributed by atoms with van der Waals surface area (Å²) in [7, 11) is -1.98. The largest absolute Gasteiger partial charge is 0.497 e. The van der Waals surface area contributed by atoms with Crippen LogP contribution in [-0.4, -0.2) is 70.0 Å². The van der Waals surface area contributed by atoms with Gasteiger partial charge in [0.15, 0.2) is 0 Å². The molecular formula is C22H28N2O6S. The fourth-order valence-corrected chi connectivity index (χ4v) is 3.81. The van der Waals surface area contributed by atoms with Crippen LogP contribution >= 0.6 is 0 Å². The average Bonchev–Trinajstić information content (AvgIpc) is 2.77. The lowest BCUT2D eigenvalue weighted by Crippen LogP contribution is -2.56. The van der Waals surface area contributed by atoms with Crippen molar-refractivity contribution in [2.75, 3.05) is 39.6 Å². The van der Waals surface area contributed by atoms with Crippen molar-refractivity contribution in [2.45, 2.75) is 19.2 Å². The third kappa shape index (κ3) is 7.23. The predicted octanol–water partition coefficient (Wildman–Crippen LogP) is 2.49. The van der Waals surface area contributed by atoms with E-state index in [1.54, 1.807) is 12.0 Å². The summed E-state index contributed by atoms with van der Waals surface area (Å²) < 4.78 is 38.7. The Bertz CT molecular complexity index is 950. The Balaban J connectivity index is 1.63. The number of carbonyl (C=O) groups is 1. The van der Waals surface area contributed by atoms with Crippen molar-refractivity contribution in [3.8, 4) is 5.75 Å². The van der Waals surface area contributed by atoms with E-state index in [0.717, 1.165) is 23.1 Å². The summed E-state index contributed by atoms with van der Waals surface area (Å²) >= 11 is 0. The summed E-state index contributed by atoms with van der Waals surface area (Å²) in [6.45, 7) is 2.14. The molecule has 1 atom stereocenters. The minimum atomic E-state index is -3.59. The van der Waals surface area contributed by atoms with E-state index in [-0.39, 0.29) is 19.3 Å². The number of methoxy groups -OCH3 is 1. The van der Waals surface area contributed by atoms with E-state index >= 15 is 0 Å². The van der Waals surface area contributed by atoms with Gasteiger partial charge in [0, 0.05) is 26.2 Å². The summed E-state index contributed by atoms with van der Waals surface area (Å²) in [5.74, 6) is 0.770. The second-order valence-corrected chi connectivity index (χ2v) is 9.09. The maximum atomic E-state index is 12.6. The number of amides is 1. The van der Waals surface area contributed by atoms with E-state index in [4.69, 9.17) is 13.7 Å². The molecule has 168 valence electrons. The average molecular weight is 449 g/mol. The number of hydrogen-bond donors (Lipinski definition) is 0. The van der Waals surface area contributed by atoms with Crippen LogP contribution in [0, 0.1) is 0 Å². The molecule has 2 aromatic carbocycles. The summed E-state index contributed by atoms with van der Waals surface area (Å²) in [6, 6.07) is 16.9. The molecule has 0 saturated carbocycles. The Kier molecular flexibility index (Phi) is 7.89.